The van der Waals surface area contributed by atoms with Gasteiger partial charge in [-0.1, -0.05) is 11.3 Å². The zero-order valence-corrected chi connectivity index (χ0v) is 9.19. The third-order valence-corrected chi connectivity index (χ3v) is 3.13. The summed E-state index contributed by atoms with van der Waals surface area (Å²) < 4.78 is 7.24. The molecule has 3 aromatic rings. The number of hydrogen-bond donors (Lipinski definition) is 0. The number of thiazole rings is 1. The summed E-state index contributed by atoms with van der Waals surface area (Å²) in [7, 11) is 0. The van der Waals surface area contributed by atoms with Crippen LogP contribution in [0.15, 0.2) is 27.7 Å². The van der Waals surface area contributed by atoms with Gasteiger partial charge in [-0.3, -0.25) is 4.79 Å². The molecule has 0 aliphatic heterocycles. The highest BCUT2D eigenvalue weighted by molar-refractivity contribution is 7.15. The van der Waals surface area contributed by atoms with Crippen LogP contribution in [0.5, 0.6) is 0 Å². The summed E-state index contributed by atoms with van der Waals surface area (Å²) >= 11 is 1.30. The molecule has 6 heteroatoms. The lowest BCUT2D eigenvalue weighted by Crippen LogP contribution is -2.23. The molecule has 0 radical (unpaired) electrons. The van der Waals surface area contributed by atoms with Crippen molar-refractivity contribution in [3.8, 4) is 0 Å². The largest absolute Gasteiger partial charge is 0.462 e. The molecule has 16 heavy (non-hydrogen) atoms. The number of fused-ring (bicyclic) bond motifs is 1. The molecule has 0 saturated carbocycles. The Hall–Kier alpha value is -1.95. The summed E-state index contributed by atoms with van der Waals surface area (Å²) in [5.74, 6) is 1.48. The Morgan fingerprint density at radius 2 is 2.38 bits per heavy atom. The molecule has 3 rings (SSSR count). The molecule has 0 spiro atoms. The van der Waals surface area contributed by atoms with Crippen LogP contribution in [0.2, 0.25) is 0 Å². The average molecular weight is 233 g/mol. The third kappa shape index (κ3) is 1.35. The van der Waals surface area contributed by atoms with E-state index in [2.05, 4.69) is 10.1 Å². The van der Waals surface area contributed by atoms with Crippen LogP contribution in [-0.2, 0) is 0 Å². The molecular formula is C10H7N3O2S. The molecule has 0 amide bonds. The van der Waals surface area contributed by atoms with Crippen LogP contribution >= 0.6 is 11.3 Å². The summed E-state index contributed by atoms with van der Waals surface area (Å²) in [5, 5.41) is 3.84. The van der Waals surface area contributed by atoms with Gasteiger partial charge in [0.1, 0.15) is 22.4 Å². The first-order valence-electron chi connectivity index (χ1n) is 4.65. The molecule has 0 bridgehead atoms. The van der Waals surface area contributed by atoms with Gasteiger partial charge in [0, 0.05) is 6.08 Å². The highest BCUT2D eigenvalue weighted by Crippen LogP contribution is 2.07. The second kappa shape index (κ2) is 3.28. The molecule has 3 heterocycles. The van der Waals surface area contributed by atoms with Crippen LogP contribution in [0, 0.1) is 6.92 Å². The predicted octanol–water partition coefficient (Wildman–Crippen LogP) is 0.600. The minimum atomic E-state index is -0.161. The van der Waals surface area contributed by atoms with Crippen LogP contribution in [-0.4, -0.2) is 14.6 Å². The van der Waals surface area contributed by atoms with E-state index in [0.29, 0.717) is 15.3 Å². The van der Waals surface area contributed by atoms with Crippen molar-refractivity contribution in [3.63, 3.8) is 0 Å². The zero-order chi connectivity index (χ0) is 11.1. The maximum Gasteiger partial charge on any atom is 0.291 e. The van der Waals surface area contributed by atoms with Gasteiger partial charge >= 0.3 is 0 Å². The molecule has 0 aliphatic carbocycles. The second-order valence-corrected chi connectivity index (χ2v) is 4.33. The Morgan fingerprint density at radius 1 is 1.50 bits per heavy atom. The van der Waals surface area contributed by atoms with Gasteiger partial charge in [-0.25, -0.2) is 4.98 Å². The molecular weight excluding hydrogens is 226 g/mol. The van der Waals surface area contributed by atoms with Crippen molar-refractivity contribution in [2.75, 3.05) is 0 Å². The molecule has 0 fully saturated rings. The monoisotopic (exact) mass is 233 g/mol. The van der Waals surface area contributed by atoms with Gasteiger partial charge < -0.3 is 4.42 Å². The molecule has 0 aromatic carbocycles. The van der Waals surface area contributed by atoms with Gasteiger partial charge in [0.2, 0.25) is 4.96 Å². The summed E-state index contributed by atoms with van der Waals surface area (Å²) in [4.78, 5) is 16.4. The predicted molar refractivity (Wildman–Crippen MR) is 59.4 cm³/mol. The van der Waals surface area contributed by atoms with Crippen molar-refractivity contribution in [2.24, 2.45) is 0 Å². The number of rotatable bonds is 1. The van der Waals surface area contributed by atoms with Crippen molar-refractivity contribution >= 4 is 22.4 Å². The minimum Gasteiger partial charge on any atom is -0.462 e. The molecule has 0 unspecified atom stereocenters. The number of aryl methyl sites for hydroxylation is 1. The molecule has 0 atom stereocenters. The molecule has 5 nitrogen and oxygen atoms in total. The van der Waals surface area contributed by atoms with Gasteiger partial charge in [-0.05, 0) is 19.1 Å². The lowest BCUT2D eigenvalue weighted by atomic mass is 10.4. The lowest BCUT2D eigenvalue weighted by molar-refractivity contribution is 0.525. The summed E-state index contributed by atoms with van der Waals surface area (Å²) in [5.41, 5.74) is -0.161. The standard InChI is InChI=1S/C10H7N3O2S/c1-6-2-3-7(15-6)4-8-9(14)13-10(16-8)11-5-12-13/h2-5H,1H3/b8-4-. The second-order valence-electron chi connectivity index (χ2n) is 3.32. The topological polar surface area (TPSA) is 60.4 Å². The highest BCUT2D eigenvalue weighted by Gasteiger charge is 2.05. The first-order valence-corrected chi connectivity index (χ1v) is 5.46. The van der Waals surface area contributed by atoms with E-state index < -0.39 is 0 Å². The highest BCUT2D eigenvalue weighted by atomic mass is 32.1. The van der Waals surface area contributed by atoms with E-state index >= 15 is 0 Å². The smallest absolute Gasteiger partial charge is 0.291 e. The molecule has 80 valence electrons. The Balaban J connectivity index is 2.26. The van der Waals surface area contributed by atoms with Gasteiger partial charge in [0.05, 0.1) is 0 Å². The molecule has 0 aliphatic rings. The summed E-state index contributed by atoms with van der Waals surface area (Å²) in [6, 6.07) is 3.68. The SMILES string of the molecule is Cc1ccc(/C=c2\sc3ncnn3c2=O)o1. The Kier molecular flexibility index (Phi) is 1.90. The number of aromatic nitrogens is 3. The number of furan rings is 1. The van der Waals surface area contributed by atoms with Crippen LogP contribution < -0.4 is 10.1 Å². The van der Waals surface area contributed by atoms with Crippen molar-refractivity contribution < 1.29 is 4.42 Å². The Bertz CT molecular complexity index is 753. The minimum absolute atomic E-state index is 0.161. The first kappa shape index (κ1) is 9.29. The van der Waals surface area contributed by atoms with Crippen LogP contribution in [0.3, 0.4) is 0 Å². The Labute approximate surface area is 93.7 Å². The summed E-state index contributed by atoms with van der Waals surface area (Å²) in [6.45, 7) is 1.86. The molecule has 0 N–H and O–H groups in total. The van der Waals surface area contributed by atoms with Gasteiger partial charge in [0.25, 0.3) is 5.56 Å². The van der Waals surface area contributed by atoms with Gasteiger partial charge in [0.15, 0.2) is 0 Å². The zero-order valence-electron chi connectivity index (χ0n) is 8.38. The van der Waals surface area contributed by atoms with Gasteiger partial charge in [-0.15, -0.1) is 0 Å². The van der Waals surface area contributed by atoms with E-state index in [1.165, 1.54) is 22.2 Å². The average Bonchev–Trinajstić information content (AvgIpc) is 2.90. The normalized spacial score (nSPS) is 12.7. The fraction of sp³-hybridized carbons (Fsp3) is 0.100. The first-order chi connectivity index (χ1) is 7.74. The number of hydrogen-bond acceptors (Lipinski definition) is 5. The van der Waals surface area contributed by atoms with E-state index in [9.17, 15) is 4.79 Å². The van der Waals surface area contributed by atoms with E-state index in [4.69, 9.17) is 4.42 Å². The van der Waals surface area contributed by atoms with Gasteiger partial charge in [-0.2, -0.15) is 9.61 Å². The van der Waals surface area contributed by atoms with Crippen molar-refractivity contribution in [3.05, 3.63) is 44.9 Å². The maximum absolute atomic E-state index is 11.8. The Morgan fingerprint density at radius 3 is 3.06 bits per heavy atom. The third-order valence-electron chi connectivity index (χ3n) is 2.16. The van der Waals surface area contributed by atoms with Crippen LogP contribution in [0.1, 0.15) is 11.5 Å². The van der Waals surface area contributed by atoms with Crippen LogP contribution in [0.4, 0.5) is 0 Å². The lowest BCUT2D eigenvalue weighted by Gasteiger charge is -1.81. The molecule has 3 aromatic heterocycles. The van der Waals surface area contributed by atoms with Crippen molar-refractivity contribution in [2.45, 2.75) is 6.92 Å². The van der Waals surface area contributed by atoms with Crippen LogP contribution in [0.25, 0.3) is 11.0 Å². The maximum atomic E-state index is 11.8. The quantitative estimate of drug-likeness (QED) is 0.617. The van der Waals surface area contributed by atoms with E-state index in [1.807, 2.05) is 19.1 Å². The summed E-state index contributed by atoms with van der Waals surface area (Å²) in [6.07, 6.45) is 3.07. The van der Waals surface area contributed by atoms with E-state index in [0.717, 1.165) is 5.76 Å². The fourth-order valence-corrected chi connectivity index (χ4v) is 2.30. The van der Waals surface area contributed by atoms with E-state index in [1.54, 1.807) is 6.08 Å². The van der Waals surface area contributed by atoms with E-state index in [-0.39, 0.29) is 5.56 Å². The molecule has 0 saturated heterocycles. The van der Waals surface area contributed by atoms with Crippen molar-refractivity contribution in [1.29, 1.82) is 0 Å². The number of nitrogens with zero attached hydrogens (tertiary/aromatic N) is 3. The van der Waals surface area contributed by atoms with Crippen molar-refractivity contribution in [1.82, 2.24) is 14.6 Å². The fourth-order valence-electron chi connectivity index (χ4n) is 1.44.